The molecule has 0 aromatic heterocycles. The number of likely N-dealkylation sites (tertiary alicyclic amines) is 1. The average molecular weight is 356 g/mol. The molecule has 1 aliphatic rings. The van der Waals surface area contributed by atoms with Gasteiger partial charge in [0.05, 0.1) is 12.6 Å². The van der Waals surface area contributed by atoms with Crippen LogP contribution in [0.15, 0.2) is 24.3 Å². The van der Waals surface area contributed by atoms with E-state index >= 15 is 0 Å². The first kappa shape index (κ1) is 19.9. The summed E-state index contributed by atoms with van der Waals surface area (Å²) in [6.45, 7) is 7.22. The van der Waals surface area contributed by atoms with Crippen LogP contribution in [-0.4, -0.2) is 59.9 Å². The Hall–Kier alpha value is -2.39. The molecule has 0 saturated carbocycles. The molecule has 26 heavy (non-hydrogen) atoms. The zero-order chi connectivity index (χ0) is 19.3. The standard InChI is InChI=1S/C20H28N4O2/c1-15-7-5-6-8-17(15)19(26)22-16-9-11-24(12-10-16)13-18(25)23(4)20(2,3)14-21/h5-8,16H,9-13H2,1-4H3,(H,22,26). The molecule has 2 rings (SSSR count). The number of amides is 2. The largest absolute Gasteiger partial charge is 0.349 e. The van der Waals surface area contributed by atoms with Gasteiger partial charge in [-0.15, -0.1) is 0 Å². The summed E-state index contributed by atoms with van der Waals surface area (Å²) < 4.78 is 0. The number of hydrogen-bond acceptors (Lipinski definition) is 4. The van der Waals surface area contributed by atoms with Crippen molar-refractivity contribution in [3.05, 3.63) is 35.4 Å². The van der Waals surface area contributed by atoms with Gasteiger partial charge in [0.1, 0.15) is 5.54 Å². The van der Waals surface area contributed by atoms with Gasteiger partial charge >= 0.3 is 0 Å². The van der Waals surface area contributed by atoms with Crippen LogP contribution in [0.5, 0.6) is 0 Å². The lowest BCUT2D eigenvalue weighted by molar-refractivity contribution is -0.134. The second-order valence-corrected chi connectivity index (χ2v) is 7.46. The molecule has 6 nitrogen and oxygen atoms in total. The maximum atomic E-state index is 12.4. The van der Waals surface area contributed by atoms with Gasteiger partial charge in [-0.1, -0.05) is 18.2 Å². The maximum Gasteiger partial charge on any atom is 0.251 e. The van der Waals surface area contributed by atoms with E-state index in [1.54, 1.807) is 20.9 Å². The lowest BCUT2D eigenvalue weighted by Crippen LogP contribution is -2.51. The molecule has 1 N–H and O–H groups in total. The Kier molecular flexibility index (Phi) is 6.38. The van der Waals surface area contributed by atoms with Crippen molar-refractivity contribution in [2.24, 2.45) is 0 Å². The summed E-state index contributed by atoms with van der Waals surface area (Å²) in [7, 11) is 1.67. The predicted octanol–water partition coefficient (Wildman–Crippen LogP) is 1.95. The van der Waals surface area contributed by atoms with E-state index in [0.29, 0.717) is 12.1 Å². The molecule has 0 radical (unpaired) electrons. The number of nitrogens with one attached hydrogen (secondary N) is 1. The van der Waals surface area contributed by atoms with Crippen LogP contribution in [0.1, 0.15) is 42.6 Å². The smallest absolute Gasteiger partial charge is 0.251 e. The van der Waals surface area contributed by atoms with Gasteiger partial charge < -0.3 is 10.2 Å². The molecular formula is C20H28N4O2. The number of benzene rings is 1. The minimum Gasteiger partial charge on any atom is -0.349 e. The van der Waals surface area contributed by atoms with Crippen LogP contribution in [0.3, 0.4) is 0 Å². The van der Waals surface area contributed by atoms with Gasteiger partial charge in [0.25, 0.3) is 5.91 Å². The first-order valence-electron chi connectivity index (χ1n) is 9.01. The number of carbonyl (C=O) groups excluding carboxylic acids is 2. The van der Waals surface area contributed by atoms with Gasteiger partial charge in [0.15, 0.2) is 0 Å². The van der Waals surface area contributed by atoms with Crippen LogP contribution in [0.25, 0.3) is 0 Å². The number of aryl methyl sites for hydroxylation is 1. The molecule has 0 atom stereocenters. The van der Waals surface area contributed by atoms with E-state index in [-0.39, 0.29) is 17.9 Å². The highest BCUT2D eigenvalue weighted by atomic mass is 16.2. The van der Waals surface area contributed by atoms with Gasteiger partial charge in [-0.3, -0.25) is 14.5 Å². The Labute approximate surface area is 155 Å². The Balaban J connectivity index is 1.82. The van der Waals surface area contributed by atoms with Gasteiger partial charge in [-0.2, -0.15) is 5.26 Å². The van der Waals surface area contributed by atoms with Gasteiger partial charge in [-0.05, 0) is 45.2 Å². The van der Waals surface area contributed by atoms with Crippen molar-refractivity contribution < 1.29 is 9.59 Å². The van der Waals surface area contributed by atoms with Gasteiger partial charge in [0, 0.05) is 31.7 Å². The zero-order valence-electron chi connectivity index (χ0n) is 16.1. The first-order chi connectivity index (χ1) is 12.2. The molecule has 1 aliphatic heterocycles. The summed E-state index contributed by atoms with van der Waals surface area (Å²) in [6, 6.07) is 9.84. The first-order valence-corrected chi connectivity index (χ1v) is 9.01. The number of carbonyl (C=O) groups is 2. The molecule has 1 saturated heterocycles. The molecule has 6 heteroatoms. The van der Waals surface area contributed by atoms with Crippen molar-refractivity contribution in [1.82, 2.24) is 15.1 Å². The normalized spacial score (nSPS) is 16.0. The van der Waals surface area contributed by atoms with E-state index in [0.717, 1.165) is 31.5 Å². The molecule has 0 bridgehead atoms. The summed E-state index contributed by atoms with van der Waals surface area (Å²) in [6.07, 6.45) is 1.63. The van der Waals surface area contributed by atoms with Crippen LogP contribution in [0.4, 0.5) is 0 Å². The molecule has 0 aliphatic carbocycles. The van der Waals surface area contributed by atoms with Crippen molar-refractivity contribution in [3.63, 3.8) is 0 Å². The van der Waals surface area contributed by atoms with Crippen molar-refractivity contribution in [1.29, 1.82) is 5.26 Å². The van der Waals surface area contributed by atoms with Crippen LogP contribution in [0.2, 0.25) is 0 Å². The van der Waals surface area contributed by atoms with Crippen LogP contribution in [0, 0.1) is 18.3 Å². The van der Waals surface area contributed by atoms with Gasteiger partial charge in [-0.25, -0.2) is 0 Å². The number of likely N-dealkylation sites (N-methyl/N-ethyl adjacent to an activating group) is 1. The monoisotopic (exact) mass is 356 g/mol. The molecule has 1 aromatic rings. The number of rotatable bonds is 5. The molecular weight excluding hydrogens is 328 g/mol. The van der Waals surface area contributed by atoms with Crippen LogP contribution >= 0.6 is 0 Å². The number of nitrogens with zero attached hydrogens (tertiary/aromatic N) is 3. The fourth-order valence-electron chi connectivity index (χ4n) is 3.01. The number of hydrogen-bond donors (Lipinski definition) is 1. The molecule has 1 fully saturated rings. The molecule has 0 unspecified atom stereocenters. The maximum absolute atomic E-state index is 12.4. The third-order valence-electron chi connectivity index (χ3n) is 5.16. The highest BCUT2D eigenvalue weighted by molar-refractivity contribution is 5.95. The molecule has 1 heterocycles. The highest BCUT2D eigenvalue weighted by Gasteiger charge is 2.29. The third-order valence-corrected chi connectivity index (χ3v) is 5.16. The Morgan fingerprint density at radius 1 is 1.31 bits per heavy atom. The van der Waals surface area contributed by atoms with Crippen molar-refractivity contribution in [2.75, 3.05) is 26.7 Å². The molecule has 140 valence electrons. The predicted molar refractivity (Wildman–Crippen MR) is 101 cm³/mol. The lowest BCUT2D eigenvalue weighted by Gasteiger charge is -2.35. The van der Waals surface area contributed by atoms with Crippen LogP contribution < -0.4 is 5.32 Å². The quantitative estimate of drug-likeness (QED) is 0.875. The highest BCUT2D eigenvalue weighted by Crippen LogP contribution is 2.15. The van der Waals surface area contributed by atoms with Crippen molar-refractivity contribution >= 4 is 11.8 Å². The summed E-state index contributed by atoms with van der Waals surface area (Å²) in [4.78, 5) is 28.4. The molecule has 2 amide bonds. The van der Waals surface area contributed by atoms with E-state index in [1.165, 1.54) is 4.90 Å². The lowest BCUT2D eigenvalue weighted by atomic mass is 10.0. The zero-order valence-corrected chi connectivity index (χ0v) is 16.1. The minimum atomic E-state index is -0.809. The van der Waals surface area contributed by atoms with E-state index in [2.05, 4.69) is 16.3 Å². The fraction of sp³-hybridized carbons (Fsp3) is 0.550. The third kappa shape index (κ3) is 4.83. The fourth-order valence-corrected chi connectivity index (χ4v) is 3.01. The van der Waals surface area contributed by atoms with Crippen LogP contribution in [-0.2, 0) is 4.79 Å². The Morgan fingerprint density at radius 2 is 1.92 bits per heavy atom. The van der Waals surface area contributed by atoms with E-state index in [4.69, 9.17) is 5.26 Å². The summed E-state index contributed by atoms with van der Waals surface area (Å²) >= 11 is 0. The Morgan fingerprint density at radius 3 is 2.50 bits per heavy atom. The SMILES string of the molecule is Cc1ccccc1C(=O)NC1CCN(CC(=O)N(C)C(C)(C)C#N)CC1. The summed E-state index contributed by atoms with van der Waals surface area (Å²) in [5.74, 6) is -0.0907. The number of nitriles is 1. The summed E-state index contributed by atoms with van der Waals surface area (Å²) in [5, 5.41) is 12.3. The van der Waals surface area contributed by atoms with Crippen molar-refractivity contribution in [3.8, 4) is 6.07 Å². The summed E-state index contributed by atoms with van der Waals surface area (Å²) in [5.41, 5.74) is 0.873. The van der Waals surface area contributed by atoms with Crippen molar-refractivity contribution in [2.45, 2.75) is 45.2 Å². The minimum absolute atomic E-state index is 0.0341. The average Bonchev–Trinajstić information content (AvgIpc) is 2.62. The Bertz CT molecular complexity index is 700. The van der Waals surface area contributed by atoms with E-state index in [9.17, 15) is 9.59 Å². The van der Waals surface area contributed by atoms with Gasteiger partial charge in [0.2, 0.25) is 5.91 Å². The second-order valence-electron chi connectivity index (χ2n) is 7.46. The van der Waals surface area contributed by atoms with E-state index < -0.39 is 5.54 Å². The second kappa shape index (κ2) is 8.33. The number of piperidine rings is 1. The van der Waals surface area contributed by atoms with E-state index in [1.807, 2.05) is 31.2 Å². The molecule has 0 spiro atoms. The topological polar surface area (TPSA) is 76.4 Å². The molecule has 1 aromatic carbocycles.